The van der Waals surface area contributed by atoms with Gasteiger partial charge in [0, 0.05) is 6.54 Å². The summed E-state index contributed by atoms with van der Waals surface area (Å²) >= 11 is 0. The number of aromatic amines is 1. The first-order valence-electron chi connectivity index (χ1n) is 7.45. The van der Waals surface area contributed by atoms with Crippen LogP contribution >= 0.6 is 0 Å². The predicted octanol–water partition coefficient (Wildman–Crippen LogP) is 1.70. The molecule has 0 radical (unpaired) electrons. The van der Waals surface area contributed by atoms with Crippen LogP contribution in [0.1, 0.15) is 30.0 Å². The maximum atomic E-state index is 13.8. The molecular formula is C15H16FN5O2. The van der Waals surface area contributed by atoms with Gasteiger partial charge in [-0.15, -0.1) is 0 Å². The molecular weight excluding hydrogens is 301 g/mol. The third-order valence-corrected chi connectivity index (χ3v) is 4.08. The zero-order chi connectivity index (χ0) is 16.0. The van der Waals surface area contributed by atoms with Gasteiger partial charge in [0.05, 0.1) is 24.2 Å². The molecule has 2 atom stereocenters. The molecule has 3 heterocycles. The van der Waals surface area contributed by atoms with Crippen molar-refractivity contribution in [2.24, 2.45) is 0 Å². The Hall–Kier alpha value is -2.32. The summed E-state index contributed by atoms with van der Waals surface area (Å²) in [5.41, 5.74) is 0.984. The Balaban J connectivity index is 1.61. The number of aliphatic hydroxyl groups is 1. The Morgan fingerprint density at radius 1 is 1.43 bits per heavy atom. The summed E-state index contributed by atoms with van der Waals surface area (Å²) in [6, 6.07) is 4.65. The van der Waals surface area contributed by atoms with Gasteiger partial charge < -0.3 is 14.6 Å². The molecule has 120 valence electrons. The second-order valence-electron chi connectivity index (χ2n) is 5.83. The molecule has 1 aromatic carbocycles. The van der Waals surface area contributed by atoms with Gasteiger partial charge in [-0.1, -0.05) is 11.2 Å². The van der Waals surface area contributed by atoms with Crippen LogP contribution in [0.3, 0.4) is 0 Å². The van der Waals surface area contributed by atoms with Gasteiger partial charge in [-0.25, -0.2) is 9.37 Å². The minimum atomic E-state index is -0.465. The molecule has 23 heavy (non-hydrogen) atoms. The van der Waals surface area contributed by atoms with Crippen LogP contribution in [0.4, 0.5) is 4.39 Å². The number of β-amino-alcohol motifs (C(OH)–C–C–N with tert-alkyl or cyclic N) is 1. The molecule has 2 aromatic heterocycles. The van der Waals surface area contributed by atoms with Gasteiger partial charge in [-0.05, 0) is 25.5 Å². The predicted molar refractivity (Wildman–Crippen MR) is 78.9 cm³/mol. The van der Waals surface area contributed by atoms with Gasteiger partial charge in [0.25, 0.3) is 0 Å². The van der Waals surface area contributed by atoms with Crippen LogP contribution in [0, 0.1) is 12.7 Å². The largest absolute Gasteiger partial charge is 0.392 e. The molecule has 0 saturated carbocycles. The molecule has 1 aliphatic heterocycles. The average Bonchev–Trinajstić information content (AvgIpc) is 3.19. The molecule has 0 aliphatic carbocycles. The van der Waals surface area contributed by atoms with Crippen LogP contribution in [0.2, 0.25) is 0 Å². The van der Waals surface area contributed by atoms with Crippen molar-refractivity contribution in [2.45, 2.75) is 32.0 Å². The number of para-hydroxylation sites is 1. The minimum absolute atomic E-state index is 0.163. The lowest BCUT2D eigenvalue weighted by atomic mass is 10.2. The summed E-state index contributed by atoms with van der Waals surface area (Å²) in [5, 5.41) is 13.8. The summed E-state index contributed by atoms with van der Waals surface area (Å²) in [5.74, 6) is 1.34. The van der Waals surface area contributed by atoms with Crippen LogP contribution in [-0.4, -0.2) is 42.8 Å². The van der Waals surface area contributed by atoms with Crippen molar-refractivity contribution in [3.05, 3.63) is 41.6 Å². The molecule has 1 fully saturated rings. The van der Waals surface area contributed by atoms with Crippen LogP contribution in [0.5, 0.6) is 0 Å². The third kappa shape index (κ3) is 2.60. The van der Waals surface area contributed by atoms with E-state index in [2.05, 4.69) is 20.1 Å². The SMILES string of the molecule is Cc1noc([C@H]2C[C@@H](O)CN2Cc2nc3c(F)cccc3[nH]2)n1. The Morgan fingerprint density at radius 3 is 3.04 bits per heavy atom. The van der Waals surface area contributed by atoms with Crippen molar-refractivity contribution in [3.8, 4) is 0 Å². The molecule has 3 aromatic rings. The smallest absolute Gasteiger partial charge is 0.244 e. The first kappa shape index (κ1) is 14.3. The number of rotatable bonds is 3. The quantitative estimate of drug-likeness (QED) is 0.764. The van der Waals surface area contributed by atoms with E-state index in [0.717, 1.165) is 0 Å². The highest BCUT2D eigenvalue weighted by Gasteiger charge is 2.36. The minimum Gasteiger partial charge on any atom is -0.392 e. The fourth-order valence-corrected chi connectivity index (χ4v) is 3.07. The highest BCUT2D eigenvalue weighted by atomic mass is 19.1. The second-order valence-corrected chi connectivity index (χ2v) is 5.83. The number of imidazole rings is 1. The zero-order valence-corrected chi connectivity index (χ0v) is 12.5. The van der Waals surface area contributed by atoms with E-state index in [9.17, 15) is 9.50 Å². The van der Waals surface area contributed by atoms with Gasteiger partial charge in [0.15, 0.2) is 11.6 Å². The number of aromatic nitrogens is 4. The molecule has 0 bridgehead atoms. The van der Waals surface area contributed by atoms with Crippen molar-refractivity contribution in [1.29, 1.82) is 0 Å². The first-order valence-corrected chi connectivity index (χ1v) is 7.45. The monoisotopic (exact) mass is 317 g/mol. The van der Waals surface area contributed by atoms with E-state index < -0.39 is 6.10 Å². The summed E-state index contributed by atoms with van der Waals surface area (Å²) in [6.45, 7) is 2.67. The number of halogens is 1. The molecule has 7 nitrogen and oxygen atoms in total. The Kier molecular flexibility index (Phi) is 3.35. The number of hydrogen-bond acceptors (Lipinski definition) is 6. The molecule has 0 amide bonds. The molecule has 1 aliphatic rings. The normalized spacial score (nSPS) is 22.2. The van der Waals surface area contributed by atoms with Crippen molar-refractivity contribution in [2.75, 3.05) is 6.54 Å². The lowest BCUT2D eigenvalue weighted by Gasteiger charge is -2.19. The van der Waals surface area contributed by atoms with Gasteiger partial charge in [0.1, 0.15) is 11.3 Å². The van der Waals surface area contributed by atoms with Crippen molar-refractivity contribution < 1.29 is 14.0 Å². The van der Waals surface area contributed by atoms with Crippen LogP contribution in [0.15, 0.2) is 22.7 Å². The molecule has 8 heteroatoms. The van der Waals surface area contributed by atoms with Crippen LogP contribution in [0.25, 0.3) is 11.0 Å². The van der Waals surface area contributed by atoms with E-state index in [-0.39, 0.29) is 11.9 Å². The number of nitrogens with one attached hydrogen (secondary N) is 1. The third-order valence-electron chi connectivity index (χ3n) is 4.08. The number of nitrogens with zero attached hydrogens (tertiary/aromatic N) is 4. The van der Waals surface area contributed by atoms with Crippen LogP contribution < -0.4 is 0 Å². The topological polar surface area (TPSA) is 91.1 Å². The molecule has 2 N–H and O–H groups in total. The lowest BCUT2D eigenvalue weighted by Crippen LogP contribution is -2.25. The Bertz CT molecular complexity index is 845. The van der Waals surface area contributed by atoms with E-state index in [4.69, 9.17) is 4.52 Å². The number of likely N-dealkylation sites (tertiary alicyclic amines) is 1. The highest BCUT2D eigenvalue weighted by molar-refractivity contribution is 5.75. The van der Waals surface area contributed by atoms with Crippen molar-refractivity contribution in [3.63, 3.8) is 0 Å². The number of aryl methyl sites for hydroxylation is 1. The number of benzene rings is 1. The molecule has 1 saturated heterocycles. The Labute approximate surface area is 131 Å². The van der Waals surface area contributed by atoms with E-state index in [1.807, 2.05) is 4.90 Å². The second kappa shape index (κ2) is 5.39. The molecule has 0 spiro atoms. The highest BCUT2D eigenvalue weighted by Crippen LogP contribution is 2.32. The van der Waals surface area contributed by atoms with E-state index in [0.29, 0.717) is 48.1 Å². The van der Waals surface area contributed by atoms with Gasteiger partial charge in [-0.2, -0.15) is 4.98 Å². The van der Waals surface area contributed by atoms with Crippen molar-refractivity contribution >= 4 is 11.0 Å². The lowest BCUT2D eigenvalue weighted by molar-refractivity contribution is 0.167. The molecule has 4 rings (SSSR count). The first-order chi connectivity index (χ1) is 11.1. The maximum Gasteiger partial charge on any atom is 0.244 e. The summed E-state index contributed by atoms with van der Waals surface area (Å²) in [6.07, 6.45) is 0.0595. The van der Waals surface area contributed by atoms with E-state index >= 15 is 0 Å². The maximum absolute atomic E-state index is 13.8. The number of aliphatic hydroxyl groups excluding tert-OH is 1. The van der Waals surface area contributed by atoms with Crippen LogP contribution in [-0.2, 0) is 6.54 Å². The van der Waals surface area contributed by atoms with Crippen molar-refractivity contribution in [1.82, 2.24) is 25.0 Å². The van der Waals surface area contributed by atoms with Gasteiger partial charge >= 0.3 is 0 Å². The zero-order valence-electron chi connectivity index (χ0n) is 12.5. The summed E-state index contributed by atoms with van der Waals surface area (Å²) in [7, 11) is 0. The fourth-order valence-electron chi connectivity index (χ4n) is 3.07. The fraction of sp³-hybridized carbons (Fsp3) is 0.400. The summed E-state index contributed by atoms with van der Waals surface area (Å²) < 4.78 is 19.0. The molecule has 0 unspecified atom stereocenters. The Morgan fingerprint density at radius 2 is 2.30 bits per heavy atom. The van der Waals surface area contributed by atoms with E-state index in [1.54, 1.807) is 19.1 Å². The number of fused-ring (bicyclic) bond motifs is 1. The number of H-pyrrole nitrogens is 1. The van der Waals surface area contributed by atoms with Gasteiger partial charge in [0.2, 0.25) is 5.89 Å². The summed E-state index contributed by atoms with van der Waals surface area (Å²) in [4.78, 5) is 13.7. The van der Waals surface area contributed by atoms with Gasteiger partial charge in [-0.3, -0.25) is 4.90 Å². The number of hydrogen-bond donors (Lipinski definition) is 2. The van der Waals surface area contributed by atoms with E-state index in [1.165, 1.54) is 6.07 Å². The average molecular weight is 317 g/mol. The standard InChI is InChI=1S/C15H16FN5O2/c1-8-17-15(23-20-8)12-5-9(22)6-21(12)7-13-18-11-4-2-3-10(16)14(11)19-13/h2-4,9,12,22H,5-7H2,1H3,(H,18,19)/t9-,12-/m1/s1.